The van der Waals surface area contributed by atoms with Crippen molar-refractivity contribution in [3.05, 3.63) is 84.4 Å². The van der Waals surface area contributed by atoms with Crippen molar-refractivity contribution in [2.75, 3.05) is 35.8 Å². The monoisotopic (exact) mass is 557 g/mol. The molecule has 1 amide bonds. The van der Waals surface area contributed by atoms with Crippen molar-refractivity contribution < 1.29 is 9.18 Å². The maximum atomic E-state index is 13.0. The fraction of sp³-hybridized carbons (Fsp3) is 0.179. The Labute approximate surface area is 236 Å². The first-order chi connectivity index (χ1) is 19.7. The van der Waals surface area contributed by atoms with Gasteiger partial charge in [-0.15, -0.1) is 0 Å². The lowest BCUT2D eigenvalue weighted by molar-refractivity contribution is -0.117. The van der Waals surface area contributed by atoms with Crippen molar-refractivity contribution in [3.8, 4) is 22.5 Å². The summed E-state index contributed by atoms with van der Waals surface area (Å²) in [6, 6.07) is 16.3. The molecule has 4 aromatic heterocycles. The number of H-pyrrole nitrogens is 1. The molecular weight excluding hydrogens is 525 g/mol. The van der Waals surface area contributed by atoms with Crippen LogP contribution in [0.15, 0.2) is 73.1 Å². The van der Waals surface area contributed by atoms with E-state index in [1.165, 1.54) is 12.1 Å². The number of nitrogens with one attached hydrogen (secondary N) is 4. The van der Waals surface area contributed by atoms with E-state index in [1.807, 2.05) is 31.3 Å². The maximum absolute atomic E-state index is 13.0. The Morgan fingerprint density at radius 3 is 2.22 bits per heavy atom. The number of rotatable bonds is 8. The number of hydrogen-bond donors (Lipinski definition) is 6. The molecule has 5 aromatic rings. The molecule has 12 nitrogen and oxygen atoms in total. The Morgan fingerprint density at radius 2 is 1.61 bits per heavy atom. The first-order valence-electron chi connectivity index (χ1n) is 12.7. The van der Waals surface area contributed by atoms with Crippen LogP contribution in [0, 0.1) is 5.82 Å². The van der Waals surface area contributed by atoms with E-state index in [1.54, 1.807) is 55.4 Å². The van der Waals surface area contributed by atoms with Crippen LogP contribution in [0.5, 0.6) is 0 Å². The standard InChI is InChI=1S/C19H21FN6O.C9H11N5/c1-22-17-10-13(7-8-23-17)16-11-18(26(2)25-16)24-19(27)15(21)9-12-3-5-14(20)6-4-12;1-11-9-4-6(2-3-12-9)7-5-8(10)14-13-7/h3-8,10-11,15H,9,21H2,1-2H3,(H,22,23)(H,24,27);2-5H,1H3,(H,11,12)(H3,10,13,14)/t15-;/m0./s1. The SMILES string of the molecule is CNc1cc(-c2cc(N)n[nH]2)ccn1.CNc1cc(-c2cc(NC(=O)[C@@H](N)Cc3ccc(F)cc3)n(C)n2)ccn1. The first kappa shape index (κ1) is 28.7. The second-order valence-corrected chi connectivity index (χ2v) is 9.03. The molecular formula is C28H32FN11O. The normalized spacial score (nSPS) is 11.2. The third kappa shape index (κ3) is 7.64. The fourth-order valence-corrected chi connectivity index (χ4v) is 3.86. The van der Waals surface area contributed by atoms with E-state index in [9.17, 15) is 9.18 Å². The summed E-state index contributed by atoms with van der Waals surface area (Å²) in [5.41, 5.74) is 15.8. The average Bonchev–Trinajstić information content (AvgIpc) is 3.59. The molecule has 0 saturated heterocycles. The highest BCUT2D eigenvalue weighted by Crippen LogP contribution is 2.23. The number of aromatic nitrogens is 6. The lowest BCUT2D eigenvalue weighted by atomic mass is 10.1. The summed E-state index contributed by atoms with van der Waals surface area (Å²) in [5, 5.41) is 19.9. The van der Waals surface area contributed by atoms with Crippen LogP contribution in [0.3, 0.4) is 0 Å². The molecule has 0 aliphatic heterocycles. The number of halogens is 1. The zero-order chi connectivity index (χ0) is 29.4. The van der Waals surface area contributed by atoms with Crippen LogP contribution in [0.4, 0.5) is 27.7 Å². The number of aryl methyl sites for hydroxylation is 1. The van der Waals surface area contributed by atoms with Gasteiger partial charge < -0.3 is 27.4 Å². The van der Waals surface area contributed by atoms with Crippen LogP contribution in [0.1, 0.15) is 5.56 Å². The van der Waals surface area contributed by atoms with Gasteiger partial charge in [0.2, 0.25) is 5.91 Å². The number of carbonyl (C=O) groups excluding carboxylic acids is 1. The Bertz CT molecular complexity index is 1600. The molecule has 0 saturated carbocycles. The third-order valence-corrected chi connectivity index (χ3v) is 6.07. The molecule has 5 rings (SSSR count). The predicted molar refractivity (Wildman–Crippen MR) is 158 cm³/mol. The number of pyridine rings is 2. The maximum Gasteiger partial charge on any atom is 0.242 e. The molecule has 8 N–H and O–H groups in total. The number of nitrogen functional groups attached to an aromatic ring is 1. The van der Waals surface area contributed by atoms with E-state index in [0.29, 0.717) is 23.8 Å². The van der Waals surface area contributed by atoms with Gasteiger partial charge in [0, 0.05) is 56.8 Å². The largest absolute Gasteiger partial charge is 0.382 e. The number of aromatic amines is 1. The van der Waals surface area contributed by atoms with Gasteiger partial charge in [0.15, 0.2) is 0 Å². The van der Waals surface area contributed by atoms with Crippen molar-refractivity contribution >= 4 is 29.2 Å². The van der Waals surface area contributed by atoms with Gasteiger partial charge in [-0.3, -0.25) is 14.6 Å². The number of benzene rings is 1. The highest BCUT2D eigenvalue weighted by molar-refractivity contribution is 5.94. The van der Waals surface area contributed by atoms with E-state index in [4.69, 9.17) is 11.5 Å². The minimum absolute atomic E-state index is 0.312. The van der Waals surface area contributed by atoms with E-state index in [0.717, 1.165) is 34.0 Å². The second-order valence-electron chi connectivity index (χ2n) is 9.03. The molecule has 1 atom stereocenters. The molecule has 212 valence electrons. The Balaban J connectivity index is 0.000000231. The van der Waals surface area contributed by atoms with Crippen LogP contribution >= 0.6 is 0 Å². The molecule has 13 heteroatoms. The Morgan fingerprint density at radius 1 is 0.976 bits per heavy atom. The summed E-state index contributed by atoms with van der Waals surface area (Å²) in [4.78, 5) is 20.7. The van der Waals surface area contributed by atoms with Crippen LogP contribution in [-0.4, -0.2) is 56.0 Å². The summed E-state index contributed by atoms with van der Waals surface area (Å²) in [5.74, 6) is 1.91. The van der Waals surface area contributed by atoms with E-state index < -0.39 is 6.04 Å². The fourth-order valence-electron chi connectivity index (χ4n) is 3.86. The molecule has 0 radical (unpaired) electrons. The number of anilines is 4. The van der Waals surface area contributed by atoms with Gasteiger partial charge in [-0.1, -0.05) is 12.1 Å². The van der Waals surface area contributed by atoms with Gasteiger partial charge in [-0.05, 0) is 48.4 Å². The molecule has 0 spiro atoms. The number of amides is 1. The van der Waals surface area contributed by atoms with E-state index >= 15 is 0 Å². The summed E-state index contributed by atoms with van der Waals surface area (Å²) in [6.07, 6.45) is 3.73. The molecule has 0 bridgehead atoms. The molecule has 4 heterocycles. The second kappa shape index (κ2) is 13.2. The number of nitrogens with two attached hydrogens (primary N) is 2. The van der Waals surface area contributed by atoms with Gasteiger partial charge in [-0.25, -0.2) is 14.4 Å². The molecule has 1 aromatic carbocycles. The first-order valence-corrected chi connectivity index (χ1v) is 12.7. The highest BCUT2D eigenvalue weighted by Gasteiger charge is 2.17. The van der Waals surface area contributed by atoms with Crippen LogP contribution in [-0.2, 0) is 18.3 Å². The zero-order valence-corrected chi connectivity index (χ0v) is 22.9. The van der Waals surface area contributed by atoms with E-state index in [2.05, 4.69) is 41.2 Å². The van der Waals surface area contributed by atoms with Crippen molar-refractivity contribution in [2.45, 2.75) is 12.5 Å². The molecule has 0 aliphatic carbocycles. The van der Waals surface area contributed by atoms with Gasteiger partial charge >= 0.3 is 0 Å². The number of carbonyl (C=O) groups is 1. The van der Waals surface area contributed by atoms with Crippen molar-refractivity contribution in [1.82, 2.24) is 29.9 Å². The molecule has 0 aliphatic rings. The summed E-state index contributed by atoms with van der Waals surface area (Å²) in [7, 11) is 5.36. The van der Waals surface area contributed by atoms with Crippen molar-refractivity contribution in [2.24, 2.45) is 12.8 Å². The third-order valence-electron chi connectivity index (χ3n) is 6.07. The van der Waals surface area contributed by atoms with Crippen LogP contribution in [0.2, 0.25) is 0 Å². The van der Waals surface area contributed by atoms with Crippen LogP contribution < -0.4 is 27.4 Å². The Kier molecular flexibility index (Phi) is 9.22. The number of nitrogens with zero attached hydrogens (tertiary/aromatic N) is 5. The smallest absolute Gasteiger partial charge is 0.242 e. The van der Waals surface area contributed by atoms with E-state index in [-0.39, 0.29) is 11.7 Å². The van der Waals surface area contributed by atoms with Gasteiger partial charge in [-0.2, -0.15) is 10.2 Å². The lowest BCUT2D eigenvalue weighted by Gasteiger charge is -2.12. The minimum Gasteiger partial charge on any atom is -0.382 e. The van der Waals surface area contributed by atoms with Crippen molar-refractivity contribution in [3.63, 3.8) is 0 Å². The summed E-state index contributed by atoms with van der Waals surface area (Å²) < 4.78 is 14.6. The average molecular weight is 558 g/mol. The minimum atomic E-state index is -0.759. The highest BCUT2D eigenvalue weighted by atomic mass is 19.1. The zero-order valence-electron chi connectivity index (χ0n) is 22.9. The summed E-state index contributed by atoms with van der Waals surface area (Å²) in [6.45, 7) is 0. The molecule has 0 unspecified atom stereocenters. The Hall–Kier alpha value is -5.30. The van der Waals surface area contributed by atoms with Gasteiger partial charge in [0.25, 0.3) is 0 Å². The quantitative estimate of drug-likeness (QED) is 0.167. The van der Waals surface area contributed by atoms with Crippen LogP contribution in [0.25, 0.3) is 22.5 Å². The van der Waals surface area contributed by atoms with Gasteiger partial charge in [0.1, 0.15) is 29.1 Å². The number of hydrogen-bond acceptors (Lipinski definition) is 9. The molecule has 41 heavy (non-hydrogen) atoms. The summed E-state index contributed by atoms with van der Waals surface area (Å²) >= 11 is 0. The predicted octanol–water partition coefficient (Wildman–Crippen LogP) is 3.27. The van der Waals surface area contributed by atoms with Crippen molar-refractivity contribution in [1.29, 1.82) is 0 Å². The lowest BCUT2D eigenvalue weighted by Crippen LogP contribution is -2.37. The topological polar surface area (TPSA) is 177 Å². The molecule has 0 fully saturated rings. The van der Waals surface area contributed by atoms with Gasteiger partial charge in [0.05, 0.1) is 17.4 Å².